The standard InChI is InChI=1S/C23H18F2N2O5S/c24-18-13-20(19(25)12-17(18)21(28)29)27-33(31,32)16-8-6-15(7-9-16)26-22(30)23(10-11-23)14-4-2-1-3-5-14/h1-9,12-13,27H,10-11H2,(H,26,30)(H,28,29). The van der Waals surface area contributed by atoms with Crippen molar-refractivity contribution in [1.29, 1.82) is 0 Å². The monoisotopic (exact) mass is 472 g/mol. The molecule has 0 atom stereocenters. The van der Waals surface area contributed by atoms with Crippen LogP contribution in [0, 0.1) is 11.6 Å². The van der Waals surface area contributed by atoms with Gasteiger partial charge in [-0.15, -0.1) is 0 Å². The van der Waals surface area contributed by atoms with E-state index in [2.05, 4.69) is 5.32 Å². The summed E-state index contributed by atoms with van der Waals surface area (Å²) in [5.41, 5.74) is -0.955. The summed E-state index contributed by atoms with van der Waals surface area (Å²) in [7, 11) is -4.31. The van der Waals surface area contributed by atoms with Gasteiger partial charge in [-0.05, 0) is 48.7 Å². The molecule has 3 N–H and O–H groups in total. The van der Waals surface area contributed by atoms with Crippen molar-refractivity contribution >= 4 is 33.3 Å². The predicted octanol–water partition coefficient (Wildman–Crippen LogP) is 4.13. The summed E-state index contributed by atoms with van der Waals surface area (Å²) in [6, 6.07) is 15.4. The smallest absolute Gasteiger partial charge is 0.338 e. The van der Waals surface area contributed by atoms with Crippen LogP contribution in [0.5, 0.6) is 0 Å². The van der Waals surface area contributed by atoms with Crippen LogP contribution in [-0.2, 0) is 20.2 Å². The molecule has 33 heavy (non-hydrogen) atoms. The van der Waals surface area contributed by atoms with Gasteiger partial charge < -0.3 is 10.4 Å². The molecule has 1 fully saturated rings. The zero-order valence-electron chi connectivity index (χ0n) is 17.0. The zero-order valence-corrected chi connectivity index (χ0v) is 17.8. The topological polar surface area (TPSA) is 113 Å². The van der Waals surface area contributed by atoms with Crippen molar-refractivity contribution < 1.29 is 31.9 Å². The first-order valence-electron chi connectivity index (χ1n) is 9.85. The van der Waals surface area contributed by atoms with Gasteiger partial charge in [0.2, 0.25) is 5.91 Å². The number of halogens is 2. The van der Waals surface area contributed by atoms with Gasteiger partial charge in [0.25, 0.3) is 10.0 Å². The molecule has 7 nitrogen and oxygen atoms in total. The Balaban J connectivity index is 1.49. The minimum Gasteiger partial charge on any atom is -0.478 e. The number of carbonyl (C=O) groups is 2. The van der Waals surface area contributed by atoms with Gasteiger partial charge in [-0.1, -0.05) is 30.3 Å². The number of benzene rings is 3. The number of anilines is 2. The van der Waals surface area contributed by atoms with Crippen LogP contribution < -0.4 is 10.0 Å². The maximum absolute atomic E-state index is 14.1. The number of carbonyl (C=O) groups excluding carboxylic acids is 1. The molecule has 0 heterocycles. The molecule has 0 aromatic heterocycles. The maximum Gasteiger partial charge on any atom is 0.338 e. The lowest BCUT2D eigenvalue weighted by atomic mass is 9.95. The van der Waals surface area contributed by atoms with Gasteiger partial charge in [0.05, 0.1) is 21.6 Å². The second-order valence-corrected chi connectivity index (χ2v) is 9.33. The van der Waals surface area contributed by atoms with E-state index in [1.807, 2.05) is 35.1 Å². The lowest BCUT2D eigenvalue weighted by Crippen LogP contribution is -2.27. The Hall–Kier alpha value is -3.79. The lowest BCUT2D eigenvalue weighted by Gasteiger charge is -2.16. The number of carboxylic acids is 1. The number of carboxylic acid groups (broad SMARTS) is 1. The molecule has 3 aromatic carbocycles. The van der Waals surface area contributed by atoms with Crippen molar-refractivity contribution in [2.24, 2.45) is 0 Å². The van der Waals surface area contributed by atoms with Crippen molar-refractivity contribution in [3.8, 4) is 0 Å². The Labute approximate surface area is 188 Å². The van der Waals surface area contributed by atoms with E-state index in [0.717, 1.165) is 5.56 Å². The largest absolute Gasteiger partial charge is 0.478 e. The first kappa shape index (κ1) is 22.4. The van der Waals surface area contributed by atoms with E-state index in [1.165, 1.54) is 24.3 Å². The molecule has 10 heteroatoms. The van der Waals surface area contributed by atoms with E-state index in [0.29, 0.717) is 30.7 Å². The average Bonchev–Trinajstić information content (AvgIpc) is 3.59. The molecule has 3 aromatic rings. The fourth-order valence-corrected chi connectivity index (χ4v) is 4.55. The Kier molecular flexibility index (Phi) is 5.62. The fraction of sp³-hybridized carbons (Fsp3) is 0.130. The van der Waals surface area contributed by atoms with Gasteiger partial charge in [-0.3, -0.25) is 9.52 Å². The number of rotatable bonds is 7. The molecule has 1 aliphatic rings. The van der Waals surface area contributed by atoms with Crippen molar-refractivity contribution in [1.82, 2.24) is 0 Å². The number of nitrogens with one attached hydrogen (secondary N) is 2. The molecule has 170 valence electrons. The van der Waals surface area contributed by atoms with Crippen LogP contribution in [0.15, 0.2) is 71.6 Å². The minimum atomic E-state index is -4.31. The SMILES string of the molecule is O=C(O)c1cc(F)c(NS(=O)(=O)c2ccc(NC(=O)C3(c4ccccc4)CC3)cc2)cc1F. The van der Waals surface area contributed by atoms with E-state index in [-0.39, 0.29) is 10.8 Å². The van der Waals surface area contributed by atoms with Crippen LogP contribution >= 0.6 is 0 Å². The Morgan fingerprint density at radius 3 is 2.12 bits per heavy atom. The van der Waals surface area contributed by atoms with Gasteiger partial charge in [0.1, 0.15) is 11.6 Å². The highest BCUT2D eigenvalue weighted by molar-refractivity contribution is 7.92. The quantitative estimate of drug-likeness (QED) is 0.479. The average molecular weight is 472 g/mol. The summed E-state index contributed by atoms with van der Waals surface area (Å²) in [5.74, 6) is -4.40. The summed E-state index contributed by atoms with van der Waals surface area (Å²) in [6.07, 6.45) is 1.42. The van der Waals surface area contributed by atoms with Crippen molar-refractivity contribution in [2.45, 2.75) is 23.2 Å². The number of aromatic carboxylic acids is 1. The normalized spacial score (nSPS) is 14.4. The third-order valence-corrected chi connectivity index (χ3v) is 6.85. The van der Waals surface area contributed by atoms with Crippen LogP contribution in [0.1, 0.15) is 28.8 Å². The van der Waals surface area contributed by atoms with Gasteiger partial charge in [-0.2, -0.15) is 0 Å². The van der Waals surface area contributed by atoms with Crippen molar-refractivity contribution in [2.75, 3.05) is 10.0 Å². The third kappa shape index (κ3) is 4.42. The van der Waals surface area contributed by atoms with E-state index in [1.54, 1.807) is 0 Å². The maximum atomic E-state index is 14.1. The number of sulfonamides is 1. The fourth-order valence-electron chi connectivity index (χ4n) is 3.49. The molecule has 1 saturated carbocycles. The molecule has 0 bridgehead atoms. The number of hydrogen-bond donors (Lipinski definition) is 3. The van der Waals surface area contributed by atoms with Crippen LogP contribution in [0.25, 0.3) is 0 Å². The summed E-state index contributed by atoms with van der Waals surface area (Å²) in [5, 5.41) is 11.6. The van der Waals surface area contributed by atoms with Crippen LogP contribution in [0.4, 0.5) is 20.2 Å². The lowest BCUT2D eigenvalue weighted by molar-refractivity contribution is -0.118. The Bertz CT molecular complexity index is 1340. The number of hydrogen-bond acceptors (Lipinski definition) is 4. The Morgan fingerprint density at radius 2 is 1.55 bits per heavy atom. The summed E-state index contributed by atoms with van der Waals surface area (Å²) >= 11 is 0. The molecule has 0 spiro atoms. The molecule has 4 rings (SSSR count). The summed E-state index contributed by atoms with van der Waals surface area (Å²) < 4.78 is 55.0. The van der Waals surface area contributed by atoms with E-state index < -0.39 is 44.3 Å². The highest BCUT2D eigenvalue weighted by atomic mass is 32.2. The van der Waals surface area contributed by atoms with Gasteiger partial charge >= 0.3 is 5.97 Å². The van der Waals surface area contributed by atoms with Crippen molar-refractivity contribution in [3.63, 3.8) is 0 Å². The van der Waals surface area contributed by atoms with Crippen LogP contribution in [0.3, 0.4) is 0 Å². The molecular formula is C23H18F2N2O5S. The molecule has 0 unspecified atom stereocenters. The van der Waals surface area contributed by atoms with E-state index in [4.69, 9.17) is 5.11 Å². The zero-order chi connectivity index (χ0) is 23.8. The molecule has 1 amide bonds. The van der Waals surface area contributed by atoms with E-state index >= 15 is 0 Å². The molecule has 0 saturated heterocycles. The van der Waals surface area contributed by atoms with Crippen LogP contribution in [0.2, 0.25) is 0 Å². The minimum absolute atomic E-state index is 0.196. The van der Waals surface area contributed by atoms with Crippen LogP contribution in [-0.4, -0.2) is 25.4 Å². The Morgan fingerprint density at radius 1 is 0.909 bits per heavy atom. The second-order valence-electron chi connectivity index (χ2n) is 7.65. The first-order valence-corrected chi connectivity index (χ1v) is 11.3. The molecular weight excluding hydrogens is 454 g/mol. The van der Waals surface area contributed by atoms with Gasteiger partial charge in [-0.25, -0.2) is 22.0 Å². The number of amides is 1. The predicted molar refractivity (Wildman–Crippen MR) is 117 cm³/mol. The molecule has 0 radical (unpaired) electrons. The highest BCUT2D eigenvalue weighted by Crippen LogP contribution is 2.48. The van der Waals surface area contributed by atoms with Crippen molar-refractivity contribution in [3.05, 3.63) is 89.5 Å². The summed E-state index contributed by atoms with van der Waals surface area (Å²) in [4.78, 5) is 23.4. The summed E-state index contributed by atoms with van der Waals surface area (Å²) in [6.45, 7) is 0. The second kappa shape index (κ2) is 8.28. The highest BCUT2D eigenvalue weighted by Gasteiger charge is 2.51. The van der Waals surface area contributed by atoms with Gasteiger partial charge in [0.15, 0.2) is 0 Å². The first-order chi connectivity index (χ1) is 15.6. The molecule has 0 aliphatic heterocycles. The van der Waals surface area contributed by atoms with Gasteiger partial charge in [0, 0.05) is 11.8 Å². The third-order valence-electron chi connectivity index (χ3n) is 5.46. The van der Waals surface area contributed by atoms with E-state index in [9.17, 15) is 26.8 Å². The molecule has 1 aliphatic carbocycles.